The third-order valence-corrected chi connectivity index (χ3v) is 5.85. The van der Waals surface area contributed by atoms with Crippen molar-refractivity contribution in [3.63, 3.8) is 0 Å². The largest absolute Gasteiger partial charge is 0.464 e. The number of aryl methyl sites for hydroxylation is 2. The zero-order valence-electron chi connectivity index (χ0n) is 16.8. The van der Waals surface area contributed by atoms with Crippen molar-refractivity contribution in [1.82, 2.24) is 14.5 Å². The van der Waals surface area contributed by atoms with Gasteiger partial charge in [0.1, 0.15) is 5.58 Å². The SMILES string of the molecule is Cc1cc(-n2ccc3cc4ccoc4cc32)c(C)cc1-c1ccnc2cccnc12. The normalized spacial score (nSPS) is 11.7. The summed E-state index contributed by atoms with van der Waals surface area (Å²) < 4.78 is 7.87. The molecule has 30 heavy (non-hydrogen) atoms. The van der Waals surface area contributed by atoms with Gasteiger partial charge in [-0.15, -0.1) is 0 Å². The maximum Gasteiger partial charge on any atom is 0.135 e. The van der Waals surface area contributed by atoms with Gasteiger partial charge in [-0.05, 0) is 79.1 Å². The zero-order valence-corrected chi connectivity index (χ0v) is 16.8. The fourth-order valence-corrected chi connectivity index (χ4v) is 4.35. The highest BCUT2D eigenvalue weighted by molar-refractivity contribution is 5.96. The highest BCUT2D eigenvalue weighted by Gasteiger charge is 2.14. The summed E-state index contributed by atoms with van der Waals surface area (Å²) in [7, 11) is 0. The molecule has 144 valence electrons. The van der Waals surface area contributed by atoms with E-state index in [0.717, 1.165) is 33.1 Å². The number of aromatic nitrogens is 3. The number of benzene rings is 2. The first-order chi connectivity index (χ1) is 14.7. The van der Waals surface area contributed by atoms with Crippen molar-refractivity contribution in [3.8, 4) is 16.8 Å². The van der Waals surface area contributed by atoms with Crippen LogP contribution in [0.25, 0.3) is 49.7 Å². The van der Waals surface area contributed by atoms with Gasteiger partial charge in [-0.2, -0.15) is 0 Å². The van der Waals surface area contributed by atoms with E-state index in [-0.39, 0.29) is 0 Å². The molecule has 0 N–H and O–H groups in total. The molecule has 4 aromatic heterocycles. The Morgan fingerprint density at radius 2 is 1.73 bits per heavy atom. The van der Waals surface area contributed by atoms with Crippen molar-refractivity contribution < 1.29 is 4.42 Å². The minimum atomic E-state index is 0.905. The Balaban J connectivity index is 1.56. The van der Waals surface area contributed by atoms with Crippen molar-refractivity contribution in [2.45, 2.75) is 13.8 Å². The summed E-state index contributed by atoms with van der Waals surface area (Å²) in [6, 6.07) is 18.9. The molecule has 0 fully saturated rings. The van der Waals surface area contributed by atoms with Crippen molar-refractivity contribution in [3.05, 3.63) is 90.6 Å². The van der Waals surface area contributed by atoms with E-state index < -0.39 is 0 Å². The molecule has 2 aromatic carbocycles. The fraction of sp³-hybridized carbons (Fsp3) is 0.0769. The molecular weight excluding hydrogens is 370 g/mol. The molecule has 0 saturated heterocycles. The molecule has 0 radical (unpaired) electrons. The van der Waals surface area contributed by atoms with E-state index in [0.29, 0.717) is 0 Å². The highest BCUT2D eigenvalue weighted by Crippen LogP contribution is 2.34. The molecule has 0 unspecified atom stereocenters. The van der Waals surface area contributed by atoms with Gasteiger partial charge in [-0.25, -0.2) is 0 Å². The molecule has 4 heterocycles. The van der Waals surface area contributed by atoms with E-state index in [1.165, 1.54) is 27.8 Å². The van der Waals surface area contributed by atoms with Crippen LogP contribution in [-0.4, -0.2) is 14.5 Å². The van der Waals surface area contributed by atoms with Crippen LogP contribution in [0.1, 0.15) is 11.1 Å². The lowest BCUT2D eigenvalue weighted by molar-refractivity contribution is 0.616. The Labute approximate surface area is 173 Å². The number of rotatable bonds is 2. The molecular formula is C26H19N3O. The van der Waals surface area contributed by atoms with Gasteiger partial charge in [0, 0.05) is 46.7 Å². The monoisotopic (exact) mass is 389 g/mol. The van der Waals surface area contributed by atoms with Gasteiger partial charge < -0.3 is 8.98 Å². The van der Waals surface area contributed by atoms with Crippen LogP contribution in [0.15, 0.2) is 83.9 Å². The van der Waals surface area contributed by atoms with Crippen LogP contribution in [0.5, 0.6) is 0 Å². The molecule has 4 nitrogen and oxygen atoms in total. The lowest BCUT2D eigenvalue weighted by Crippen LogP contribution is -1.98. The first kappa shape index (κ1) is 17.0. The van der Waals surface area contributed by atoms with Crippen LogP contribution in [0.4, 0.5) is 0 Å². The third kappa shape index (κ3) is 2.47. The Morgan fingerprint density at radius 3 is 2.67 bits per heavy atom. The molecule has 6 aromatic rings. The average molecular weight is 389 g/mol. The Kier molecular flexibility index (Phi) is 3.56. The first-order valence-corrected chi connectivity index (χ1v) is 9.99. The van der Waals surface area contributed by atoms with Crippen molar-refractivity contribution in [2.75, 3.05) is 0 Å². The first-order valence-electron chi connectivity index (χ1n) is 9.99. The van der Waals surface area contributed by atoms with Gasteiger partial charge in [0.15, 0.2) is 0 Å². The molecule has 0 bridgehead atoms. The summed E-state index contributed by atoms with van der Waals surface area (Å²) in [6.45, 7) is 4.32. The highest BCUT2D eigenvalue weighted by atomic mass is 16.3. The van der Waals surface area contributed by atoms with Gasteiger partial charge >= 0.3 is 0 Å². The summed E-state index contributed by atoms with van der Waals surface area (Å²) in [5, 5.41) is 2.33. The van der Waals surface area contributed by atoms with E-state index >= 15 is 0 Å². The second kappa shape index (κ2) is 6.29. The summed E-state index contributed by atoms with van der Waals surface area (Å²) in [4.78, 5) is 9.04. The lowest BCUT2D eigenvalue weighted by atomic mass is 9.96. The maximum atomic E-state index is 5.63. The predicted octanol–water partition coefficient (Wildman–Crippen LogP) is 6.60. The molecule has 0 aliphatic heterocycles. The number of pyridine rings is 2. The van der Waals surface area contributed by atoms with Gasteiger partial charge in [0.25, 0.3) is 0 Å². The van der Waals surface area contributed by atoms with Crippen molar-refractivity contribution >= 4 is 32.9 Å². The van der Waals surface area contributed by atoms with Gasteiger partial charge in [-0.1, -0.05) is 0 Å². The van der Waals surface area contributed by atoms with E-state index in [1.54, 1.807) is 6.26 Å². The zero-order chi connectivity index (χ0) is 20.2. The van der Waals surface area contributed by atoms with Crippen molar-refractivity contribution in [2.24, 2.45) is 0 Å². The summed E-state index contributed by atoms with van der Waals surface area (Å²) >= 11 is 0. The number of hydrogen-bond acceptors (Lipinski definition) is 3. The lowest BCUT2D eigenvalue weighted by Gasteiger charge is -2.15. The topological polar surface area (TPSA) is 43.9 Å². The quantitative estimate of drug-likeness (QED) is 0.335. The molecule has 6 rings (SSSR count). The van der Waals surface area contributed by atoms with E-state index in [1.807, 2.05) is 30.6 Å². The Hall–Kier alpha value is -3.92. The van der Waals surface area contributed by atoms with Crippen LogP contribution < -0.4 is 0 Å². The minimum Gasteiger partial charge on any atom is -0.464 e. The number of hydrogen-bond donors (Lipinski definition) is 0. The number of fused-ring (bicyclic) bond motifs is 3. The maximum absolute atomic E-state index is 5.63. The fourth-order valence-electron chi connectivity index (χ4n) is 4.35. The number of nitrogens with zero attached hydrogens (tertiary/aromatic N) is 3. The van der Waals surface area contributed by atoms with Crippen LogP contribution in [0.2, 0.25) is 0 Å². The van der Waals surface area contributed by atoms with Crippen LogP contribution >= 0.6 is 0 Å². The third-order valence-electron chi connectivity index (χ3n) is 5.85. The van der Waals surface area contributed by atoms with Gasteiger partial charge in [0.05, 0.1) is 22.8 Å². The molecule has 0 aliphatic carbocycles. The van der Waals surface area contributed by atoms with Gasteiger partial charge in [0.2, 0.25) is 0 Å². The standard InChI is InChI=1S/C26H19N3O/c1-16-13-23(29-10-6-18-14-19-7-11-30-25(19)15-24(18)29)17(2)12-21(16)20-5-9-27-22-4-3-8-28-26(20)22/h3-15H,1-2H3. The van der Waals surface area contributed by atoms with Gasteiger partial charge in [-0.3, -0.25) is 9.97 Å². The van der Waals surface area contributed by atoms with Crippen LogP contribution in [-0.2, 0) is 0 Å². The van der Waals surface area contributed by atoms with E-state index in [4.69, 9.17) is 4.42 Å². The van der Waals surface area contributed by atoms with Crippen LogP contribution in [0, 0.1) is 13.8 Å². The minimum absolute atomic E-state index is 0.905. The second-order valence-corrected chi connectivity index (χ2v) is 7.74. The molecule has 4 heteroatoms. The Morgan fingerprint density at radius 1 is 0.800 bits per heavy atom. The summed E-state index contributed by atoms with van der Waals surface area (Å²) in [6.07, 6.45) is 7.56. The summed E-state index contributed by atoms with van der Waals surface area (Å²) in [5.41, 5.74) is 9.77. The molecule has 0 saturated carbocycles. The molecule has 0 aliphatic rings. The molecule has 0 amide bonds. The van der Waals surface area contributed by atoms with Crippen LogP contribution in [0.3, 0.4) is 0 Å². The second-order valence-electron chi connectivity index (χ2n) is 7.74. The molecule has 0 atom stereocenters. The van der Waals surface area contributed by atoms with E-state index in [9.17, 15) is 0 Å². The smallest absolute Gasteiger partial charge is 0.135 e. The molecule has 0 spiro atoms. The Bertz CT molecular complexity index is 1570. The average Bonchev–Trinajstić information content (AvgIpc) is 3.39. The number of furan rings is 1. The van der Waals surface area contributed by atoms with E-state index in [2.05, 4.69) is 71.0 Å². The van der Waals surface area contributed by atoms with Crippen molar-refractivity contribution in [1.29, 1.82) is 0 Å². The summed E-state index contributed by atoms with van der Waals surface area (Å²) in [5.74, 6) is 0. The predicted molar refractivity (Wildman–Crippen MR) is 121 cm³/mol.